The summed E-state index contributed by atoms with van der Waals surface area (Å²) < 4.78 is 5.40. The Morgan fingerprint density at radius 3 is 2.71 bits per heavy atom. The monoisotopic (exact) mass is 330 g/mol. The van der Waals surface area contributed by atoms with E-state index >= 15 is 0 Å². The van der Waals surface area contributed by atoms with Gasteiger partial charge in [-0.3, -0.25) is 0 Å². The molecule has 1 heterocycles. The summed E-state index contributed by atoms with van der Waals surface area (Å²) in [4.78, 5) is 8.89. The first-order chi connectivity index (χ1) is 11.7. The Morgan fingerprint density at radius 1 is 1.29 bits per heavy atom. The van der Waals surface area contributed by atoms with E-state index in [1.165, 1.54) is 0 Å². The first-order valence-electron chi connectivity index (χ1n) is 8.93. The van der Waals surface area contributed by atoms with Crippen molar-refractivity contribution in [3.8, 4) is 6.07 Å². The van der Waals surface area contributed by atoms with Crippen LogP contribution in [0.5, 0.6) is 0 Å². The third-order valence-corrected chi connectivity index (χ3v) is 5.40. The Labute approximate surface area is 143 Å². The van der Waals surface area contributed by atoms with E-state index in [1.54, 1.807) is 13.3 Å². The maximum absolute atomic E-state index is 10.0. The van der Waals surface area contributed by atoms with Crippen LogP contribution in [-0.2, 0) is 11.2 Å². The molecule has 1 unspecified atom stereocenters. The van der Waals surface area contributed by atoms with Gasteiger partial charge in [0.25, 0.3) is 0 Å². The SMILES string of the molecule is COC1CCC(Nc2ncc(C#N)c(CC3CCC[C@H]3O)n2)CC1. The van der Waals surface area contributed by atoms with E-state index in [0.29, 0.717) is 30.1 Å². The molecule has 0 bridgehead atoms. The molecule has 3 rings (SSSR count). The largest absolute Gasteiger partial charge is 0.393 e. The van der Waals surface area contributed by atoms with E-state index in [-0.39, 0.29) is 12.0 Å². The highest BCUT2D eigenvalue weighted by molar-refractivity contribution is 5.37. The van der Waals surface area contributed by atoms with Crippen molar-refractivity contribution in [2.24, 2.45) is 5.92 Å². The molecule has 0 aromatic carbocycles. The summed E-state index contributed by atoms with van der Waals surface area (Å²) >= 11 is 0. The highest BCUT2D eigenvalue weighted by Gasteiger charge is 2.27. The van der Waals surface area contributed by atoms with E-state index in [0.717, 1.165) is 50.6 Å². The number of nitrogens with zero attached hydrogens (tertiary/aromatic N) is 3. The summed E-state index contributed by atoms with van der Waals surface area (Å²) in [6, 6.07) is 2.53. The second-order valence-electron chi connectivity index (χ2n) is 6.98. The van der Waals surface area contributed by atoms with Gasteiger partial charge in [-0.1, -0.05) is 6.42 Å². The number of methoxy groups -OCH3 is 1. The van der Waals surface area contributed by atoms with Crippen LogP contribution in [0, 0.1) is 17.2 Å². The summed E-state index contributed by atoms with van der Waals surface area (Å²) in [6.07, 6.45) is 9.42. The fourth-order valence-electron chi connectivity index (χ4n) is 3.86. The van der Waals surface area contributed by atoms with Gasteiger partial charge in [0.2, 0.25) is 5.95 Å². The van der Waals surface area contributed by atoms with Gasteiger partial charge in [0.05, 0.1) is 29.7 Å². The zero-order chi connectivity index (χ0) is 16.9. The van der Waals surface area contributed by atoms with Crippen LogP contribution in [0.25, 0.3) is 0 Å². The molecule has 2 N–H and O–H groups in total. The molecule has 1 aromatic heterocycles. The molecule has 130 valence electrons. The highest BCUT2D eigenvalue weighted by atomic mass is 16.5. The van der Waals surface area contributed by atoms with Gasteiger partial charge in [-0.05, 0) is 50.9 Å². The molecule has 0 amide bonds. The molecule has 0 radical (unpaired) electrons. The minimum atomic E-state index is -0.271. The van der Waals surface area contributed by atoms with Crippen molar-refractivity contribution >= 4 is 5.95 Å². The van der Waals surface area contributed by atoms with Crippen LogP contribution >= 0.6 is 0 Å². The molecule has 2 aliphatic carbocycles. The Kier molecular flexibility index (Phi) is 5.64. The van der Waals surface area contributed by atoms with Crippen LogP contribution in [0.1, 0.15) is 56.2 Å². The number of rotatable bonds is 5. The molecule has 1 aromatic rings. The molecule has 24 heavy (non-hydrogen) atoms. The number of hydrogen-bond acceptors (Lipinski definition) is 6. The molecule has 0 saturated heterocycles. The lowest BCUT2D eigenvalue weighted by molar-refractivity contribution is 0.0681. The lowest BCUT2D eigenvalue weighted by Crippen LogP contribution is -2.30. The zero-order valence-electron chi connectivity index (χ0n) is 14.2. The molecule has 2 atom stereocenters. The summed E-state index contributed by atoms with van der Waals surface area (Å²) in [6.45, 7) is 0. The predicted octanol–water partition coefficient (Wildman–Crippen LogP) is 2.42. The van der Waals surface area contributed by atoms with Crippen LogP contribution in [0.2, 0.25) is 0 Å². The topological polar surface area (TPSA) is 91.1 Å². The highest BCUT2D eigenvalue weighted by Crippen LogP contribution is 2.29. The van der Waals surface area contributed by atoms with Crippen molar-refractivity contribution in [2.45, 2.75) is 69.6 Å². The van der Waals surface area contributed by atoms with Crippen LogP contribution in [0.15, 0.2) is 6.20 Å². The van der Waals surface area contributed by atoms with Crippen LogP contribution in [0.4, 0.5) is 5.95 Å². The van der Waals surface area contributed by atoms with E-state index in [2.05, 4.69) is 21.4 Å². The Bertz CT molecular complexity index is 593. The van der Waals surface area contributed by atoms with E-state index in [1.807, 2.05) is 0 Å². The first kappa shape index (κ1) is 17.1. The van der Waals surface area contributed by atoms with Crippen molar-refractivity contribution in [2.75, 3.05) is 12.4 Å². The van der Waals surface area contributed by atoms with Gasteiger partial charge >= 0.3 is 0 Å². The maximum Gasteiger partial charge on any atom is 0.223 e. The third kappa shape index (κ3) is 4.03. The first-order valence-corrected chi connectivity index (χ1v) is 8.93. The molecular weight excluding hydrogens is 304 g/mol. The molecule has 0 spiro atoms. The van der Waals surface area contributed by atoms with Crippen molar-refractivity contribution in [1.29, 1.82) is 5.26 Å². The van der Waals surface area contributed by atoms with Gasteiger partial charge < -0.3 is 15.2 Å². The van der Waals surface area contributed by atoms with Crippen LogP contribution in [0.3, 0.4) is 0 Å². The lowest BCUT2D eigenvalue weighted by atomic mass is 9.93. The number of nitrogens with one attached hydrogen (secondary N) is 1. The maximum atomic E-state index is 10.0. The van der Waals surface area contributed by atoms with Crippen molar-refractivity contribution in [1.82, 2.24) is 9.97 Å². The van der Waals surface area contributed by atoms with Gasteiger partial charge in [0, 0.05) is 13.2 Å². The van der Waals surface area contributed by atoms with Gasteiger partial charge in [-0.25, -0.2) is 9.97 Å². The van der Waals surface area contributed by atoms with Crippen LogP contribution < -0.4 is 5.32 Å². The number of ether oxygens (including phenoxy) is 1. The number of aliphatic hydroxyl groups is 1. The summed E-state index contributed by atoms with van der Waals surface area (Å²) in [5.74, 6) is 0.800. The zero-order valence-corrected chi connectivity index (χ0v) is 14.2. The summed E-state index contributed by atoms with van der Waals surface area (Å²) in [5.41, 5.74) is 1.27. The minimum Gasteiger partial charge on any atom is -0.393 e. The van der Waals surface area contributed by atoms with Gasteiger partial charge in [0.1, 0.15) is 6.07 Å². The number of nitriles is 1. The fraction of sp³-hybridized carbons (Fsp3) is 0.722. The fourth-order valence-corrected chi connectivity index (χ4v) is 3.86. The lowest BCUT2D eigenvalue weighted by Gasteiger charge is -2.28. The number of anilines is 1. The Hall–Kier alpha value is -1.71. The van der Waals surface area contributed by atoms with Crippen LogP contribution in [-0.4, -0.2) is 40.4 Å². The molecule has 6 nitrogen and oxygen atoms in total. The molecule has 6 heteroatoms. The summed E-state index contributed by atoms with van der Waals surface area (Å²) in [5, 5.41) is 22.7. The second-order valence-corrected chi connectivity index (χ2v) is 6.98. The number of hydrogen-bond donors (Lipinski definition) is 2. The molecule has 2 fully saturated rings. The molecular formula is C18H26N4O2. The van der Waals surface area contributed by atoms with Gasteiger partial charge in [-0.2, -0.15) is 5.26 Å². The second kappa shape index (κ2) is 7.91. The normalized spacial score (nSPS) is 30.0. The number of aromatic nitrogens is 2. The van der Waals surface area contributed by atoms with Gasteiger partial charge in [-0.15, -0.1) is 0 Å². The smallest absolute Gasteiger partial charge is 0.223 e. The minimum absolute atomic E-state index is 0.206. The van der Waals surface area contributed by atoms with E-state index < -0.39 is 0 Å². The van der Waals surface area contributed by atoms with Crippen molar-refractivity contribution in [3.05, 3.63) is 17.5 Å². The standard InChI is InChI=1S/C18H26N4O2/c1-24-15-7-5-14(6-8-15)21-18-20-11-13(10-19)16(22-18)9-12-3-2-4-17(12)23/h11-12,14-15,17,23H,2-9H2,1H3,(H,20,21,22)/t12?,14?,15?,17-/m1/s1. The average molecular weight is 330 g/mol. The summed E-state index contributed by atoms with van der Waals surface area (Å²) in [7, 11) is 1.77. The Balaban J connectivity index is 1.66. The van der Waals surface area contributed by atoms with E-state index in [4.69, 9.17) is 4.74 Å². The average Bonchev–Trinajstić information content (AvgIpc) is 3.01. The van der Waals surface area contributed by atoms with E-state index in [9.17, 15) is 10.4 Å². The third-order valence-electron chi connectivity index (χ3n) is 5.40. The van der Waals surface area contributed by atoms with Crippen molar-refractivity contribution < 1.29 is 9.84 Å². The number of aliphatic hydroxyl groups excluding tert-OH is 1. The van der Waals surface area contributed by atoms with Gasteiger partial charge in [0.15, 0.2) is 0 Å². The predicted molar refractivity (Wildman–Crippen MR) is 90.5 cm³/mol. The molecule has 2 aliphatic rings. The quantitative estimate of drug-likeness (QED) is 0.861. The Morgan fingerprint density at radius 2 is 2.08 bits per heavy atom. The molecule has 2 saturated carbocycles. The van der Waals surface area contributed by atoms with Crippen molar-refractivity contribution in [3.63, 3.8) is 0 Å². The molecule has 0 aliphatic heterocycles.